The first-order valence-electron chi connectivity index (χ1n) is 6.52. The van der Waals surface area contributed by atoms with Crippen molar-refractivity contribution >= 4 is 38.1 Å². The van der Waals surface area contributed by atoms with Gasteiger partial charge >= 0.3 is 0 Å². The molecule has 6 heteroatoms. The normalized spacial score (nSPS) is 21.9. The molecule has 1 N–H and O–H groups in total. The minimum Gasteiger partial charge on any atom is -0.360 e. The van der Waals surface area contributed by atoms with Crippen LogP contribution < -0.4 is 0 Å². The lowest BCUT2D eigenvalue weighted by Gasteiger charge is -2.20. The van der Waals surface area contributed by atoms with E-state index >= 15 is 0 Å². The highest BCUT2D eigenvalue weighted by atomic mass is 35.5. The van der Waals surface area contributed by atoms with Crippen LogP contribution in [0.1, 0.15) is 29.6 Å². The Labute approximate surface area is 122 Å². The largest absolute Gasteiger partial charge is 0.360 e. The van der Waals surface area contributed by atoms with Crippen LogP contribution in [0, 0.1) is 0 Å². The van der Waals surface area contributed by atoms with Gasteiger partial charge in [-0.2, -0.15) is 0 Å². The third kappa shape index (κ3) is 2.15. The molecule has 0 amide bonds. The molecule has 106 valence electrons. The maximum atomic E-state index is 12.6. The number of H-pyrrole nitrogens is 1. The van der Waals surface area contributed by atoms with E-state index in [0.29, 0.717) is 28.8 Å². The molecule has 0 bridgehead atoms. The molecule has 0 radical (unpaired) electrons. The lowest BCUT2D eigenvalue weighted by molar-refractivity contribution is 0.0983. The fourth-order valence-electron chi connectivity index (χ4n) is 2.76. The van der Waals surface area contributed by atoms with Crippen molar-refractivity contribution in [1.82, 2.24) is 4.98 Å². The summed E-state index contributed by atoms with van der Waals surface area (Å²) in [4.78, 5) is 15.6. The molecule has 1 saturated heterocycles. The number of halogens is 1. The summed E-state index contributed by atoms with van der Waals surface area (Å²) in [5, 5.41) is 0.145. The first-order chi connectivity index (χ1) is 9.50. The number of hydrogen-bond acceptors (Lipinski definition) is 3. The zero-order valence-corrected chi connectivity index (χ0v) is 12.3. The molecule has 0 spiro atoms. The Bertz CT molecular complexity index is 779. The molecular weight excluding hydrogens is 298 g/mol. The smallest absolute Gasteiger partial charge is 0.183 e. The number of ketones is 1. The van der Waals surface area contributed by atoms with E-state index < -0.39 is 15.1 Å². The van der Waals surface area contributed by atoms with Gasteiger partial charge in [0.15, 0.2) is 15.6 Å². The van der Waals surface area contributed by atoms with E-state index in [4.69, 9.17) is 11.6 Å². The lowest BCUT2D eigenvalue weighted by Crippen LogP contribution is -2.35. The highest BCUT2D eigenvalue weighted by molar-refractivity contribution is 7.92. The van der Waals surface area contributed by atoms with E-state index in [0.717, 1.165) is 11.9 Å². The third-order valence-corrected chi connectivity index (χ3v) is 6.28. The average molecular weight is 312 g/mol. The quantitative estimate of drug-likeness (QED) is 0.867. The Kier molecular flexibility index (Phi) is 3.34. The van der Waals surface area contributed by atoms with Crippen molar-refractivity contribution in [2.45, 2.75) is 24.5 Å². The Morgan fingerprint density at radius 1 is 1.30 bits per heavy atom. The maximum Gasteiger partial charge on any atom is 0.183 e. The van der Waals surface area contributed by atoms with E-state index in [9.17, 15) is 13.2 Å². The number of aromatic nitrogens is 1. The molecule has 1 aliphatic heterocycles. The zero-order valence-electron chi connectivity index (χ0n) is 10.7. The second kappa shape index (κ2) is 4.90. The molecule has 1 aromatic heterocycles. The van der Waals surface area contributed by atoms with Crippen LogP contribution in [-0.2, 0) is 9.84 Å². The number of carbonyl (C=O) groups is 1. The summed E-state index contributed by atoms with van der Waals surface area (Å²) in [6.45, 7) is 0. The molecule has 1 fully saturated rings. The van der Waals surface area contributed by atoms with Crippen molar-refractivity contribution in [2.24, 2.45) is 0 Å². The summed E-state index contributed by atoms with van der Waals surface area (Å²) < 4.78 is 24.2. The second-order valence-corrected chi connectivity index (χ2v) is 7.79. The molecule has 1 aliphatic rings. The van der Waals surface area contributed by atoms with Gasteiger partial charge in [-0.3, -0.25) is 4.79 Å². The van der Waals surface area contributed by atoms with Gasteiger partial charge in [-0.15, -0.1) is 0 Å². The number of sulfone groups is 1. The van der Waals surface area contributed by atoms with Gasteiger partial charge in [-0.05, 0) is 25.0 Å². The van der Waals surface area contributed by atoms with Crippen LogP contribution in [-0.4, -0.2) is 30.2 Å². The number of nitrogens with one attached hydrogen (secondary N) is 1. The molecule has 0 aliphatic carbocycles. The Morgan fingerprint density at radius 3 is 2.85 bits per heavy atom. The number of carbonyl (C=O) groups excluding carboxylic acids is 1. The van der Waals surface area contributed by atoms with Crippen molar-refractivity contribution in [1.29, 1.82) is 0 Å². The van der Waals surface area contributed by atoms with Gasteiger partial charge in [0, 0.05) is 22.7 Å². The number of aromatic amines is 1. The van der Waals surface area contributed by atoms with Crippen LogP contribution in [0.5, 0.6) is 0 Å². The molecule has 2 aromatic rings. The molecular formula is C14H14ClNO3S. The van der Waals surface area contributed by atoms with E-state index in [1.54, 1.807) is 18.3 Å². The SMILES string of the molecule is O=C(c1c[nH]c2cccc(Cl)c12)C1CCCCS1(=O)=O. The van der Waals surface area contributed by atoms with Gasteiger partial charge in [0.05, 0.1) is 10.8 Å². The summed E-state index contributed by atoms with van der Waals surface area (Å²) in [5.74, 6) is -0.247. The Morgan fingerprint density at radius 2 is 2.10 bits per heavy atom. The number of fused-ring (bicyclic) bond motifs is 1. The van der Waals surface area contributed by atoms with Crippen LogP contribution in [0.4, 0.5) is 0 Å². The minimum atomic E-state index is -3.34. The minimum absolute atomic E-state index is 0.0967. The summed E-state index contributed by atoms with van der Waals surface area (Å²) in [6.07, 6.45) is 3.37. The van der Waals surface area contributed by atoms with Crippen molar-refractivity contribution in [3.05, 3.63) is 35.0 Å². The summed E-state index contributed by atoms with van der Waals surface area (Å²) >= 11 is 6.14. The van der Waals surface area contributed by atoms with Gasteiger partial charge < -0.3 is 4.98 Å². The molecule has 0 saturated carbocycles. The van der Waals surface area contributed by atoms with Crippen molar-refractivity contribution in [3.63, 3.8) is 0 Å². The van der Waals surface area contributed by atoms with Crippen molar-refractivity contribution < 1.29 is 13.2 Å². The molecule has 1 aromatic carbocycles. The number of benzene rings is 1. The summed E-state index contributed by atoms with van der Waals surface area (Å²) in [6, 6.07) is 5.30. The van der Waals surface area contributed by atoms with Crippen molar-refractivity contribution in [2.75, 3.05) is 5.75 Å². The first-order valence-corrected chi connectivity index (χ1v) is 8.61. The monoisotopic (exact) mass is 311 g/mol. The van der Waals surface area contributed by atoms with Gasteiger partial charge in [0.1, 0.15) is 5.25 Å². The van der Waals surface area contributed by atoms with Gasteiger partial charge in [0.25, 0.3) is 0 Å². The Balaban J connectivity index is 2.09. The summed E-state index contributed by atoms with van der Waals surface area (Å²) in [7, 11) is -3.34. The lowest BCUT2D eigenvalue weighted by atomic mass is 10.0. The molecule has 3 rings (SSSR count). The highest BCUT2D eigenvalue weighted by Crippen LogP contribution is 2.30. The third-order valence-electron chi connectivity index (χ3n) is 3.79. The zero-order chi connectivity index (χ0) is 14.3. The fraction of sp³-hybridized carbons (Fsp3) is 0.357. The number of hydrogen-bond donors (Lipinski definition) is 1. The van der Waals surface area contributed by atoms with Crippen LogP contribution in [0.2, 0.25) is 5.02 Å². The van der Waals surface area contributed by atoms with E-state index in [1.165, 1.54) is 0 Å². The van der Waals surface area contributed by atoms with Crippen LogP contribution in [0.3, 0.4) is 0 Å². The number of Topliss-reactive ketones (excluding diaryl/α,β-unsaturated/α-hetero) is 1. The maximum absolute atomic E-state index is 12.6. The topological polar surface area (TPSA) is 67.0 Å². The van der Waals surface area contributed by atoms with Gasteiger partial charge in [-0.1, -0.05) is 24.1 Å². The fourth-order valence-corrected chi connectivity index (χ4v) is 4.90. The number of rotatable bonds is 2. The van der Waals surface area contributed by atoms with Crippen LogP contribution in [0.15, 0.2) is 24.4 Å². The summed E-state index contributed by atoms with van der Waals surface area (Å²) in [5.41, 5.74) is 1.12. The Hall–Kier alpha value is -1.33. The molecule has 1 atom stereocenters. The predicted molar refractivity (Wildman–Crippen MR) is 79.1 cm³/mol. The molecule has 1 unspecified atom stereocenters. The molecule has 4 nitrogen and oxygen atoms in total. The second-order valence-electron chi connectivity index (χ2n) is 5.08. The van der Waals surface area contributed by atoms with Gasteiger partial charge in [-0.25, -0.2) is 8.42 Å². The van der Waals surface area contributed by atoms with Crippen molar-refractivity contribution in [3.8, 4) is 0 Å². The highest BCUT2D eigenvalue weighted by Gasteiger charge is 2.36. The van der Waals surface area contributed by atoms with Gasteiger partial charge in [0.2, 0.25) is 0 Å². The first kappa shape index (κ1) is 13.6. The van der Waals surface area contributed by atoms with Crippen LogP contribution >= 0.6 is 11.6 Å². The van der Waals surface area contributed by atoms with Crippen LogP contribution in [0.25, 0.3) is 10.9 Å². The molecule has 20 heavy (non-hydrogen) atoms. The van der Waals surface area contributed by atoms with E-state index in [1.807, 2.05) is 6.07 Å². The average Bonchev–Trinajstić information content (AvgIpc) is 2.83. The predicted octanol–water partition coefficient (Wildman–Crippen LogP) is 2.97. The standard InChI is InChI=1S/C14H14ClNO3S/c15-10-4-3-5-11-13(10)9(8-16-11)14(17)12-6-1-2-7-20(12,18)19/h3-5,8,12,16H,1-2,6-7H2. The molecule has 2 heterocycles. The van der Waals surface area contributed by atoms with E-state index in [-0.39, 0.29) is 11.5 Å². The van der Waals surface area contributed by atoms with E-state index in [2.05, 4.69) is 4.98 Å².